The van der Waals surface area contributed by atoms with E-state index >= 15 is 0 Å². The fourth-order valence-corrected chi connectivity index (χ4v) is 5.49. The van der Waals surface area contributed by atoms with Crippen molar-refractivity contribution in [3.63, 3.8) is 0 Å². The molecule has 6 nitrogen and oxygen atoms in total. The van der Waals surface area contributed by atoms with E-state index in [-0.39, 0.29) is 17.5 Å². The first kappa shape index (κ1) is 19.9. The standard InChI is InChI=1S/C20H29N3O3S/c1-5-26-20-9-7-6-8-17(20)12-22(4)13-19-15(2)21-23(16(19)3)18-10-11-27(24,25)14-18/h6-9,18H,5,10-14H2,1-4H3/t18-/m1/s1. The number of hydrogen-bond donors (Lipinski definition) is 0. The third kappa shape index (κ3) is 4.52. The summed E-state index contributed by atoms with van der Waals surface area (Å²) in [5, 5.41) is 4.67. The monoisotopic (exact) mass is 391 g/mol. The second-order valence-corrected chi connectivity index (χ2v) is 9.59. The van der Waals surface area contributed by atoms with Crippen LogP contribution >= 0.6 is 0 Å². The number of para-hydroxylation sites is 1. The predicted molar refractivity (Wildman–Crippen MR) is 107 cm³/mol. The topological polar surface area (TPSA) is 64.4 Å². The average Bonchev–Trinajstić information content (AvgIpc) is 3.10. The van der Waals surface area contributed by atoms with Gasteiger partial charge in [0.25, 0.3) is 0 Å². The Morgan fingerprint density at radius 2 is 2.00 bits per heavy atom. The minimum atomic E-state index is -2.92. The third-order valence-electron chi connectivity index (χ3n) is 5.17. The quantitative estimate of drug-likeness (QED) is 0.726. The van der Waals surface area contributed by atoms with Crippen molar-refractivity contribution in [3.05, 3.63) is 46.8 Å². The summed E-state index contributed by atoms with van der Waals surface area (Å²) >= 11 is 0. The minimum Gasteiger partial charge on any atom is -0.494 e. The van der Waals surface area contributed by atoms with Crippen LogP contribution in [0.2, 0.25) is 0 Å². The van der Waals surface area contributed by atoms with Crippen molar-refractivity contribution >= 4 is 9.84 Å². The van der Waals surface area contributed by atoms with Crippen molar-refractivity contribution in [2.75, 3.05) is 25.2 Å². The fraction of sp³-hybridized carbons (Fsp3) is 0.550. The lowest BCUT2D eigenvalue weighted by molar-refractivity contribution is 0.297. The van der Waals surface area contributed by atoms with Crippen LogP contribution in [0.5, 0.6) is 5.75 Å². The van der Waals surface area contributed by atoms with E-state index in [4.69, 9.17) is 4.74 Å². The highest BCUT2D eigenvalue weighted by Gasteiger charge is 2.31. The molecule has 7 heteroatoms. The van der Waals surface area contributed by atoms with Crippen LogP contribution in [-0.2, 0) is 22.9 Å². The van der Waals surface area contributed by atoms with E-state index in [1.54, 1.807) is 0 Å². The van der Waals surface area contributed by atoms with Gasteiger partial charge < -0.3 is 4.74 Å². The molecule has 27 heavy (non-hydrogen) atoms. The molecule has 0 amide bonds. The van der Waals surface area contributed by atoms with Gasteiger partial charge >= 0.3 is 0 Å². The van der Waals surface area contributed by atoms with Crippen LogP contribution in [0.3, 0.4) is 0 Å². The van der Waals surface area contributed by atoms with Crippen LogP contribution in [-0.4, -0.2) is 48.3 Å². The SMILES string of the molecule is CCOc1ccccc1CN(C)Cc1c(C)nn([C@@H]2CCS(=O)(=O)C2)c1C. The zero-order valence-electron chi connectivity index (χ0n) is 16.6. The molecule has 2 heterocycles. The predicted octanol–water partition coefficient (Wildman–Crippen LogP) is 2.89. The Labute approximate surface area is 162 Å². The van der Waals surface area contributed by atoms with E-state index in [0.717, 1.165) is 35.8 Å². The molecular formula is C20H29N3O3S. The molecule has 148 valence electrons. The zero-order valence-corrected chi connectivity index (χ0v) is 17.4. The van der Waals surface area contributed by atoms with E-state index < -0.39 is 9.84 Å². The maximum atomic E-state index is 11.8. The highest BCUT2D eigenvalue weighted by atomic mass is 32.2. The van der Waals surface area contributed by atoms with Gasteiger partial charge in [0.2, 0.25) is 0 Å². The molecule has 0 saturated carbocycles. The van der Waals surface area contributed by atoms with Crippen molar-refractivity contribution in [2.24, 2.45) is 0 Å². The maximum absolute atomic E-state index is 11.8. The van der Waals surface area contributed by atoms with Crippen LogP contribution < -0.4 is 4.74 Å². The number of rotatable bonds is 7. The maximum Gasteiger partial charge on any atom is 0.152 e. The minimum absolute atomic E-state index is 0.0357. The molecule has 1 aliphatic heterocycles. The molecule has 2 aromatic rings. The number of aromatic nitrogens is 2. The molecule has 0 N–H and O–H groups in total. The van der Waals surface area contributed by atoms with E-state index in [2.05, 4.69) is 23.1 Å². The molecule has 0 bridgehead atoms. The van der Waals surface area contributed by atoms with Gasteiger partial charge in [0.1, 0.15) is 5.75 Å². The number of benzene rings is 1. The molecule has 0 radical (unpaired) electrons. The molecular weight excluding hydrogens is 362 g/mol. The summed E-state index contributed by atoms with van der Waals surface area (Å²) in [4.78, 5) is 2.24. The summed E-state index contributed by atoms with van der Waals surface area (Å²) in [6.45, 7) is 8.23. The average molecular weight is 392 g/mol. The summed E-state index contributed by atoms with van der Waals surface area (Å²) in [5.74, 6) is 1.39. The molecule has 1 saturated heterocycles. The Hall–Kier alpha value is -1.86. The smallest absolute Gasteiger partial charge is 0.152 e. The second kappa shape index (κ2) is 8.02. The van der Waals surface area contributed by atoms with Gasteiger partial charge in [-0.1, -0.05) is 18.2 Å². The van der Waals surface area contributed by atoms with Crippen LogP contribution in [0.4, 0.5) is 0 Å². The summed E-state index contributed by atoms with van der Waals surface area (Å²) in [7, 11) is -0.841. The molecule has 1 atom stereocenters. The van der Waals surface area contributed by atoms with Gasteiger partial charge in [-0.3, -0.25) is 9.58 Å². The van der Waals surface area contributed by atoms with E-state index in [0.29, 0.717) is 13.0 Å². The third-order valence-corrected chi connectivity index (χ3v) is 6.92. The summed E-state index contributed by atoms with van der Waals surface area (Å²) in [5.41, 5.74) is 4.38. The van der Waals surface area contributed by atoms with Crippen LogP contribution in [0, 0.1) is 13.8 Å². The van der Waals surface area contributed by atoms with Gasteiger partial charge in [-0.25, -0.2) is 8.42 Å². The number of hydrogen-bond acceptors (Lipinski definition) is 5. The van der Waals surface area contributed by atoms with Crippen LogP contribution in [0.1, 0.15) is 41.9 Å². The Morgan fingerprint density at radius 1 is 1.26 bits per heavy atom. The summed E-state index contributed by atoms with van der Waals surface area (Å²) in [6, 6.07) is 8.07. The fourth-order valence-electron chi connectivity index (χ4n) is 3.80. The second-order valence-electron chi connectivity index (χ2n) is 7.36. The number of sulfone groups is 1. The molecule has 1 aliphatic rings. The normalized spacial score (nSPS) is 18.9. The van der Waals surface area contributed by atoms with E-state index in [1.165, 1.54) is 5.56 Å². The van der Waals surface area contributed by atoms with Gasteiger partial charge in [0, 0.05) is 29.9 Å². The number of ether oxygens (including phenoxy) is 1. The molecule has 0 spiro atoms. The molecule has 0 unspecified atom stereocenters. The Kier molecular flexibility index (Phi) is 5.91. The summed E-state index contributed by atoms with van der Waals surface area (Å²) < 4.78 is 31.3. The first-order chi connectivity index (χ1) is 12.8. The first-order valence-corrected chi connectivity index (χ1v) is 11.3. The van der Waals surface area contributed by atoms with Gasteiger partial charge in [-0.05, 0) is 40.3 Å². The highest BCUT2D eigenvalue weighted by Crippen LogP contribution is 2.28. The lowest BCUT2D eigenvalue weighted by Gasteiger charge is -2.19. The molecule has 1 aromatic heterocycles. The van der Waals surface area contributed by atoms with Crippen molar-refractivity contribution in [3.8, 4) is 5.75 Å². The summed E-state index contributed by atoms with van der Waals surface area (Å²) in [6.07, 6.45) is 0.654. The lowest BCUT2D eigenvalue weighted by atomic mass is 10.1. The van der Waals surface area contributed by atoms with Gasteiger partial charge in [0.05, 0.1) is 29.8 Å². The molecule has 3 rings (SSSR count). The zero-order chi connectivity index (χ0) is 19.6. The molecule has 0 aliphatic carbocycles. The Morgan fingerprint density at radius 3 is 2.67 bits per heavy atom. The largest absolute Gasteiger partial charge is 0.494 e. The van der Waals surface area contributed by atoms with Gasteiger partial charge in [0.15, 0.2) is 9.84 Å². The molecule has 1 aromatic carbocycles. The number of nitrogens with zero attached hydrogens (tertiary/aromatic N) is 3. The Bertz CT molecular complexity index is 905. The highest BCUT2D eigenvalue weighted by molar-refractivity contribution is 7.91. The van der Waals surface area contributed by atoms with Gasteiger partial charge in [-0.2, -0.15) is 5.10 Å². The van der Waals surface area contributed by atoms with Crippen LogP contribution in [0.15, 0.2) is 24.3 Å². The van der Waals surface area contributed by atoms with Crippen molar-refractivity contribution in [2.45, 2.75) is 46.3 Å². The first-order valence-electron chi connectivity index (χ1n) is 9.45. The number of aryl methyl sites for hydroxylation is 1. The van der Waals surface area contributed by atoms with Crippen molar-refractivity contribution in [1.29, 1.82) is 0 Å². The van der Waals surface area contributed by atoms with E-state index in [9.17, 15) is 8.42 Å². The lowest BCUT2D eigenvalue weighted by Crippen LogP contribution is -2.19. The molecule has 1 fully saturated rings. The van der Waals surface area contributed by atoms with Crippen molar-refractivity contribution in [1.82, 2.24) is 14.7 Å². The Balaban J connectivity index is 1.74. The van der Waals surface area contributed by atoms with Crippen molar-refractivity contribution < 1.29 is 13.2 Å². The van der Waals surface area contributed by atoms with Gasteiger partial charge in [-0.15, -0.1) is 0 Å². The van der Waals surface area contributed by atoms with Crippen LogP contribution in [0.25, 0.3) is 0 Å². The van der Waals surface area contributed by atoms with E-state index in [1.807, 2.05) is 43.7 Å².